The van der Waals surface area contributed by atoms with Gasteiger partial charge in [0, 0.05) is 39.3 Å². The maximum atomic E-state index is 12.9. The molecule has 40 heavy (non-hydrogen) atoms. The van der Waals surface area contributed by atoms with Crippen molar-refractivity contribution >= 4 is 46.0 Å². The highest BCUT2D eigenvalue weighted by Gasteiger charge is 2.19. The van der Waals surface area contributed by atoms with E-state index >= 15 is 0 Å². The summed E-state index contributed by atoms with van der Waals surface area (Å²) in [5, 5.41) is 5.52. The van der Waals surface area contributed by atoms with Gasteiger partial charge in [0.1, 0.15) is 5.75 Å². The van der Waals surface area contributed by atoms with Crippen molar-refractivity contribution in [1.82, 2.24) is 4.98 Å². The van der Waals surface area contributed by atoms with E-state index in [1.54, 1.807) is 45.2 Å². The van der Waals surface area contributed by atoms with Gasteiger partial charge in [0.2, 0.25) is 0 Å². The van der Waals surface area contributed by atoms with Gasteiger partial charge in [0.25, 0.3) is 5.91 Å². The van der Waals surface area contributed by atoms with Crippen LogP contribution in [0.3, 0.4) is 0 Å². The van der Waals surface area contributed by atoms with Crippen molar-refractivity contribution in [3.05, 3.63) is 69.1 Å². The molecule has 0 saturated carbocycles. The Morgan fingerprint density at radius 3 is 2.65 bits per heavy atom. The molecule has 1 heterocycles. The van der Waals surface area contributed by atoms with Crippen molar-refractivity contribution in [2.24, 2.45) is 0 Å². The minimum absolute atomic E-state index is 0.127. The number of esters is 1. The van der Waals surface area contributed by atoms with Gasteiger partial charge < -0.3 is 14.2 Å². The SMILES string of the molecule is CCCCCCO[C@@H](C)c1cccc(-c2csc(NC(=O)c3ccc(/C=C(\C)C(=O)OCC)c(Cl)c3)n2)c1OC. The molecule has 1 aromatic heterocycles. The minimum atomic E-state index is -0.411. The number of unbranched alkanes of at least 4 members (excludes halogenated alkanes) is 3. The average Bonchev–Trinajstić information content (AvgIpc) is 3.41. The van der Waals surface area contributed by atoms with Gasteiger partial charge in [-0.05, 0) is 57.0 Å². The lowest BCUT2D eigenvalue weighted by Crippen LogP contribution is -2.11. The maximum absolute atomic E-state index is 12.9. The Labute approximate surface area is 245 Å². The maximum Gasteiger partial charge on any atom is 0.333 e. The molecule has 214 valence electrons. The lowest BCUT2D eigenvalue weighted by molar-refractivity contribution is -0.138. The van der Waals surface area contributed by atoms with Crippen LogP contribution in [-0.4, -0.2) is 37.2 Å². The fraction of sp³-hybridized carbons (Fsp3) is 0.387. The number of benzene rings is 2. The smallest absolute Gasteiger partial charge is 0.333 e. The monoisotopic (exact) mass is 584 g/mol. The van der Waals surface area contributed by atoms with Crippen LogP contribution in [0.5, 0.6) is 5.75 Å². The van der Waals surface area contributed by atoms with Gasteiger partial charge in [-0.1, -0.05) is 56.0 Å². The van der Waals surface area contributed by atoms with E-state index in [1.807, 2.05) is 30.5 Å². The van der Waals surface area contributed by atoms with Gasteiger partial charge in [-0.25, -0.2) is 9.78 Å². The molecule has 0 aliphatic rings. The van der Waals surface area contributed by atoms with Crippen LogP contribution < -0.4 is 10.1 Å². The molecule has 9 heteroatoms. The standard InChI is InChI=1S/C31H37ClN2O5S/c1-6-8-9-10-16-39-21(4)24-12-11-13-25(28(24)37-5)27-19-40-31(33-27)34-29(35)23-15-14-22(26(32)18-23)17-20(3)30(36)38-7-2/h11-15,17-19,21H,6-10,16H2,1-5H3,(H,33,34,35)/b20-17+/t21-/m0/s1. The van der Waals surface area contributed by atoms with Crippen molar-refractivity contribution in [2.75, 3.05) is 25.6 Å². The lowest BCUT2D eigenvalue weighted by Gasteiger charge is -2.18. The highest BCUT2D eigenvalue weighted by atomic mass is 35.5. The molecule has 0 aliphatic heterocycles. The van der Waals surface area contributed by atoms with E-state index in [0.717, 1.165) is 24.0 Å². The number of halogens is 1. The third kappa shape index (κ3) is 8.40. The molecule has 3 aromatic rings. The molecule has 1 amide bonds. The number of amides is 1. The summed E-state index contributed by atoms with van der Waals surface area (Å²) >= 11 is 7.72. The molecule has 1 N–H and O–H groups in total. The first-order chi connectivity index (χ1) is 19.3. The zero-order valence-electron chi connectivity index (χ0n) is 23.7. The topological polar surface area (TPSA) is 86.8 Å². The third-order valence-corrected chi connectivity index (χ3v) is 7.37. The van der Waals surface area contributed by atoms with Crippen LogP contribution >= 0.6 is 22.9 Å². The molecule has 0 bridgehead atoms. The van der Waals surface area contributed by atoms with Gasteiger partial charge >= 0.3 is 5.97 Å². The molecule has 0 fully saturated rings. The summed E-state index contributed by atoms with van der Waals surface area (Å²) in [6, 6.07) is 10.8. The number of methoxy groups -OCH3 is 1. The Hall–Kier alpha value is -3.20. The first-order valence-corrected chi connectivity index (χ1v) is 14.7. The largest absolute Gasteiger partial charge is 0.496 e. The van der Waals surface area contributed by atoms with Gasteiger partial charge in [-0.3, -0.25) is 10.1 Å². The molecule has 2 aromatic carbocycles. The molecular formula is C31H37ClN2O5S. The lowest BCUT2D eigenvalue weighted by atomic mass is 10.0. The summed E-state index contributed by atoms with van der Waals surface area (Å²) in [7, 11) is 1.64. The number of rotatable bonds is 14. The normalized spacial score (nSPS) is 12.2. The molecule has 3 rings (SSSR count). The van der Waals surface area contributed by atoms with Crippen LogP contribution in [0.4, 0.5) is 5.13 Å². The third-order valence-electron chi connectivity index (χ3n) is 6.29. The van der Waals surface area contributed by atoms with E-state index in [9.17, 15) is 9.59 Å². The highest BCUT2D eigenvalue weighted by molar-refractivity contribution is 7.14. The number of thiazole rings is 1. The van der Waals surface area contributed by atoms with Crippen LogP contribution in [0, 0.1) is 0 Å². The Kier molecular flexibility index (Phi) is 12.2. The molecule has 0 spiro atoms. The number of carbonyl (C=O) groups is 2. The van der Waals surface area contributed by atoms with E-state index in [1.165, 1.54) is 24.2 Å². The van der Waals surface area contributed by atoms with E-state index in [2.05, 4.69) is 17.2 Å². The van der Waals surface area contributed by atoms with Gasteiger partial charge in [-0.2, -0.15) is 0 Å². The highest BCUT2D eigenvalue weighted by Crippen LogP contribution is 2.38. The first kappa shape index (κ1) is 31.3. The summed E-state index contributed by atoms with van der Waals surface area (Å²) < 4.78 is 16.9. The molecule has 0 radical (unpaired) electrons. The van der Waals surface area contributed by atoms with Crippen molar-refractivity contribution < 1.29 is 23.8 Å². The summed E-state index contributed by atoms with van der Waals surface area (Å²) in [6.45, 7) is 8.61. The molecule has 1 atom stereocenters. The Bertz CT molecular complexity index is 1340. The fourth-order valence-corrected chi connectivity index (χ4v) is 5.07. The minimum Gasteiger partial charge on any atom is -0.496 e. The van der Waals surface area contributed by atoms with Crippen LogP contribution in [0.15, 0.2) is 47.4 Å². The number of carbonyl (C=O) groups excluding carboxylic acids is 2. The average molecular weight is 585 g/mol. The van der Waals surface area contributed by atoms with E-state index in [-0.39, 0.29) is 12.0 Å². The van der Waals surface area contributed by atoms with Crippen molar-refractivity contribution in [2.45, 2.75) is 59.5 Å². The number of anilines is 1. The number of para-hydroxylation sites is 1. The fourth-order valence-electron chi connectivity index (χ4n) is 4.13. The first-order valence-electron chi connectivity index (χ1n) is 13.5. The second-order valence-electron chi connectivity index (χ2n) is 9.28. The predicted octanol–water partition coefficient (Wildman–Crippen LogP) is 8.35. The number of ether oxygens (including phenoxy) is 3. The van der Waals surface area contributed by atoms with E-state index in [4.69, 9.17) is 25.8 Å². The number of hydrogen-bond acceptors (Lipinski definition) is 7. The Morgan fingerprint density at radius 2 is 1.95 bits per heavy atom. The number of aromatic nitrogens is 1. The van der Waals surface area contributed by atoms with E-state index in [0.29, 0.717) is 51.5 Å². The van der Waals surface area contributed by atoms with Crippen molar-refractivity contribution in [1.29, 1.82) is 0 Å². The second-order valence-corrected chi connectivity index (χ2v) is 10.5. The predicted molar refractivity (Wildman–Crippen MR) is 162 cm³/mol. The van der Waals surface area contributed by atoms with E-state index < -0.39 is 5.97 Å². The van der Waals surface area contributed by atoms with Crippen molar-refractivity contribution in [3.63, 3.8) is 0 Å². The molecule has 0 unspecified atom stereocenters. The molecular weight excluding hydrogens is 548 g/mol. The molecule has 7 nitrogen and oxygen atoms in total. The zero-order valence-corrected chi connectivity index (χ0v) is 25.3. The Morgan fingerprint density at radius 1 is 1.15 bits per heavy atom. The zero-order chi connectivity index (χ0) is 29.1. The second kappa shape index (κ2) is 15.6. The van der Waals surface area contributed by atoms with Crippen LogP contribution in [0.1, 0.15) is 81.0 Å². The van der Waals surface area contributed by atoms with Crippen LogP contribution in [0.25, 0.3) is 17.3 Å². The summed E-state index contributed by atoms with van der Waals surface area (Å²) in [6.07, 6.45) is 6.11. The summed E-state index contributed by atoms with van der Waals surface area (Å²) in [5.41, 5.74) is 3.89. The summed E-state index contributed by atoms with van der Waals surface area (Å²) in [5.74, 6) is -0.0435. The quantitative estimate of drug-likeness (QED) is 0.116. The van der Waals surface area contributed by atoms with Crippen molar-refractivity contribution in [3.8, 4) is 17.0 Å². The molecule has 0 saturated heterocycles. The summed E-state index contributed by atoms with van der Waals surface area (Å²) in [4.78, 5) is 29.5. The number of nitrogens with one attached hydrogen (secondary N) is 1. The number of nitrogens with zero attached hydrogens (tertiary/aromatic N) is 1. The van der Waals surface area contributed by atoms with Crippen LogP contribution in [-0.2, 0) is 14.3 Å². The van der Waals surface area contributed by atoms with Gasteiger partial charge in [0.15, 0.2) is 5.13 Å². The number of hydrogen-bond donors (Lipinski definition) is 1. The van der Waals surface area contributed by atoms with Gasteiger partial charge in [-0.15, -0.1) is 11.3 Å². The molecule has 0 aliphatic carbocycles. The van der Waals surface area contributed by atoms with Crippen LogP contribution in [0.2, 0.25) is 5.02 Å². The van der Waals surface area contributed by atoms with Gasteiger partial charge in [0.05, 0.1) is 25.5 Å². The Balaban J connectivity index is 1.72.